The van der Waals surface area contributed by atoms with Gasteiger partial charge in [0.05, 0.1) is 5.69 Å². The fourth-order valence-electron chi connectivity index (χ4n) is 3.57. The fourth-order valence-corrected chi connectivity index (χ4v) is 3.57. The molecular formula is C18H23ClN4O. The second-order valence-electron chi connectivity index (χ2n) is 6.38. The standard InChI is InChI=1S/C18H22N4O.ClH/c23-18-17-5-4-16(22-10-3-7-19-22)14-15(17)6-11-21(18)13-12-20-8-1-2-9-20;/h3-5,7,10,14H,1-2,6,8-9,11-13H2;1H. The highest BCUT2D eigenvalue weighted by atomic mass is 35.5. The Kier molecular flexibility index (Phi) is 5.21. The first-order valence-electron chi connectivity index (χ1n) is 8.46. The lowest BCUT2D eigenvalue weighted by molar-refractivity contribution is 0.0724. The molecule has 0 saturated carbocycles. The Morgan fingerprint density at radius 1 is 1.08 bits per heavy atom. The molecule has 0 aliphatic carbocycles. The van der Waals surface area contributed by atoms with Crippen molar-refractivity contribution >= 4 is 18.3 Å². The van der Waals surface area contributed by atoms with Gasteiger partial charge < -0.3 is 9.80 Å². The summed E-state index contributed by atoms with van der Waals surface area (Å²) in [4.78, 5) is 17.2. The molecule has 0 spiro atoms. The van der Waals surface area contributed by atoms with E-state index in [-0.39, 0.29) is 18.3 Å². The van der Waals surface area contributed by atoms with Gasteiger partial charge in [-0.1, -0.05) is 0 Å². The van der Waals surface area contributed by atoms with Crippen molar-refractivity contribution in [1.29, 1.82) is 0 Å². The molecule has 2 aliphatic heterocycles. The molecule has 128 valence electrons. The molecule has 0 N–H and O–H groups in total. The Morgan fingerprint density at radius 2 is 1.92 bits per heavy atom. The number of aromatic nitrogens is 2. The lowest BCUT2D eigenvalue weighted by atomic mass is 9.98. The summed E-state index contributed by atoms with van der Waals surface area (Å²) in [6, 6.07) is 7.94. The van der Waals surface area contributed by atoms with E-state index in [0.717, 1.165) is 42.9 Å². The van der Waals surface area contributed by atoms with Gasteiger partial charge >= 0.3 is 0 Å². The van der Waals surface area contributed by atoms with Crippen LogP contribution in [0.4, 0.5) is 0 Å². The van der Waals surface area contributed by atoms with E-state index in [1.807, 2.05) is 34.0 Å². The predicted molar refractivity (Wildman–Crippen MR) is 96.1 cm³/mol. The van der Waals surface area contributed by atoms with E-state index in [1.54, 1.807) is 6.20 Å². The van der Waals surface area contributed by atoms with Gasteiger partial charge in [-0.05, 0) is 62.2 Å². The topological polar surface area (TPSA) is 41.4 Å². The molecule has 1 aromatic heterocycles. The first-order chi connectivity index (χ1) is 11.3. The minimum atomic E-state index is 0. The zero-order valence-electron chi connectivity index (χ0n) is 13.7. The van der Waals surface area contributed by atoms with E-state index in [4.69, 9.17) is 0 Å². The smallest absolute Gasteiger partial charge is 0.254 e. The van der Waals surface area contributed by atoms with E-state index in [1.165, 1.54) is 25.9 Å². The molecule has 4 rings (SSSR count). The van der Waals surface area contributed by atoms with Gasteiger partial charge in [-0.15, -0.1) is 12.4 Å². The third kappa shape index (κ3) is 3.32. The van der Waals surface area contributed by atoms with Crippen molar-refractivity contribution in [1.82, 2.24) is 19.6 Å². The van der Waals surface area contributed by atoms with Gasteiger partial charge in [-0.3, -0.25) is 4.79 Å². The summed E-state index contributed by atoms with van der Waals surface area (Å²) in [6.07, 6.45) is 7.22. The highest BCUT2D eigenvalue weighted by Crippen LogP contribution is 2.22. The SMILES string of the molecule is Cl.O=C1c2ccc(-n3cccn3)cc2CCN1CCN1CCCC1. The molecule has 1 aromatic carbocycles. The summed E-state index contributed by atoms with van der Waals surface area (Å²) in [5.41, 5.74) is 3.01. The monoisotopic (exact) mass is 346 g/mol. The number of likely N-dealkylation sites (tertiary alicyclic amines) is 1. The summed E-state index contributed by atoms with van der Waals surface area (Å²) < 4.78 is 1.84. The number of carbonyl (C=O) groups is 1. The van der Waals surface area contributed by atoms with Gasteiger partial charge in [-0.25, -0.2) is 4.68 Å². The Bertz CT molecular complexity index is 695. The third-order valence-electron chi connectivity index (χ3n) is 4.91. The first-order valence-corrected chi connectivity index (χ1v) is 8.46. The quantitative estimate of drug-likeness (QED) is 0.853. The molecule has 1 fully saturated rings. The number of nitrogens with zero attached hydrogens (tertiary/aromatic N) is 4. The van der Waals surface area contributed by atoms with Crippen LogP contribution in [0.2, 0.25) is 0 Å². The number of hydrogen-bond donors (Lipinski definition) is 0. The molecule has 0 atom stereocenters. The van der Waals surface area contributed by atoms with Gasteiger partial charge in [0, 0.05) is 37.6 Å². The van der Waals surface area contributed by atoms with Crippen molar-refractivity contribution in [2.75, 3.05) is 32.7 Å². The molecule has 1 amide bonds. The van der Waals surface area contributed by atoms with E-state index in [0.29, 0.717) is 0 Å². The molecular weight excluding hydrogens is 324 g/mol. The largest absolute Gasteiger partial charge is 0.337 e. The van der Waals surface area contributed by atoms with Crippen LogP contribution >= 0.6 is 12.4 Å². The maximum atomic E-state index is 12.7. The number of hydrogen-bond acceptors (Lipinski definition) is 3. The van der Waals surface area contributed by atoms with E-state index < -0.39 is 0 Å². The predicted octanol–water partition coefficient (Wildman–Crippen LogP) is 2.39. The van der Waals surface area contributed by atoms with Crippen LogP contribution in [0.5, 0.6) is 0 Å². The zero-order valence-corrected chi connectivity index (χ0v) is 14.5. The number of halogens is 1. The van der Waals surface area contributed by atoms with E-state index >= 15 is 0 Å². The highest BCUT2D eigenvalue weighted by Gasteiger charge is 2.25. The normalized spacial score (nSPS) is 17.7. The van der Waals surface area contributed by atoms with Crippen LogP contribution in [0.1, 0.15) is 28.8 Å². The van der Waals surface area contributed by atoms with Crippen LogP contribution in [0.25, 0.3) is 5.69 Å². The average Bonchev–Trinajstić information content (AvgIpc) is 3.28. The van der Waals surface area contributed by atoms with Gasteiger partial charge in [-0.2, -0.15) is 5.10 Å². The van der Waals surface area contributed by atoms with Crippen molar-refractivity contribution in [2.24, 2.45) is 0 Å². The summed E-state index contributed by atoms with van der Waals surface area (Å²) in [6.45, 7) is 5.05. The summed E-state index contributed by atoms with van der Waals surface area (Å²) >= 11 is 0. The number of fused-ring (bicyclic) bond motifs is 1. The molecule has 0 bridgehead atoms. The van der Waals surface area contributed by atoms with E-state index in [2.05, 4.69) is 16.1 Å². The molecule has 6 heteroatoms. The number of benzene rings is 1. The van der Waals surface area contributed by atoms with Gasteiger partial charge in [0.15, 0.2) is 0 Å². The Balaban J connectivity index is 0.00000169. The highest BCUT2D eigenvalue weighted by molar-refractivity contribution is 5.97. The molecule has 0 radical (unpaired) electrons. The van der Waals surface area contributed by atoms with Crippen molar-refractivity contribution in [3.63, 3.8) is 0 Å². The second kappa shape index (κ2) is 7.36. The third-order valence-corrected chi connectivity index (χ3v) is 4.91. The maximum absolute atomic E-state index is 12.7. The van der Waals surface area contributed by atoms with Gasteiger partial charge in [0.1, 0.15) is 0 Å². The molecule has 2 aromatic rings. The number of amides is 1. The molecule has 0 unspecified atom stereocenters. The van der Waals surface area contributed by atoms with Crippen LogP contribution in [-0.4, -0.2) is 58.2 Å². The van der Waals surface area contributed by atoms with E-state index in [9.17, 15) is 4.79 Å². The van der Waals surface area contributed by atoms with Crippen molar-refractivity contribution in [3.05, 3.63) is 47.8 Å². The second-order valence-corrected chi connectivity index (χ2v) is 6.38. The molecule has 24 heavy (non-hydrogen) atoms. The minimum Gasteiger partial charge on any atom is -0.337 e. The van der Waals surface area contributed by atoms with Gasteiger partial charge in [0.2, 0.25) is 0 Å². The van der Waals surface area contributed by atoms with Crippen molar-refractivity contribution < 1.29 is 4.79 Å². The van der Waals surface area contributed by atoms with Crippen molar-refractivity contribution in [2.45, 2.75) is 19.3 Å². The average molecular weight is 347 g/mol. The lowest BCUT2D eigenvalue weighted by Gasteiger charge is -2.30. The Hall–Kier alpha value is -1.85. The number of rotatable bonds is 4. The molecule has 2 aliphatic rings. The van der Waals surface area contributed by atoms with Gasteiger partial charge in [0.25, 0.3) is 5.91 Å². The minimum absolute atomic E-state index is 0. The first kappa shape index (κ1) is 17.0. The Labute approximate surface area is 148 Å². The summed E-state index contributed by atoms with van der Waals surface area (Å²) in [5.74, 6) is 0.178. The molecule has 1 saturated heterocycles. The Morgan fingerprint density at radius 3 is 2.67 bits per heavy atom. The lowest BCUT2D eigenvalue weighted by Crippen LogP contribution is -2.42. The summed E-state index contributed by atoms with van der Waals surface area (Å²) in [5, 5.41) is 4.26. The van der Waals surface area contributed by atoms with Crippen molar-refractivity contribution in [3.8, 4) is 5.69 Å². The zero-order chi connectivity index (χ0) is 15.6. The van der Waals surface area contributed by atoms with Crippen LogP contribution in [0, 0.1) is 0 Å². The van der Waals surface area contributed by atoms with Crippen LogP contribution < -0.4 is 0 Å². The van der Waals surface area contributed by atoms with Crippen LogP contribution in [0.15, 0.2) is 36.7 Å². The maximum Gasteiger partial charge on any atom is 0.254 e. The fraction of sp³-hybridized carbons (Fsp3) is 0.444. The molecule has 5 nitrogen and oxygen atoms in total. The molecule has 3 heterocycles. The van der Waals surface area contributed by atoms with Crippen LogP contribution in [-0.2, 0) is 6.42 Å². The summed E-state index contributed by atoms with van der Waals surface area (Å²) in [7, 11) is 0. The number of carbonyl (C=O) groups excluding carboxylic acids is 1. The van der Waals surface area contributed by atoms with Crippen LogP contribution in [0.3, 0.4) is 0 Å².